The van der Waals surface area contributed by atoms with Gasteiger partial charge in [-0.1, -0.05) is 31.6 Å². The van der Waals surface area contributed by atoms with E-state index in [1.807, 2.05) is 41.5 Å². The minimum atomic E-state index is -0.276. The number of anilines is 5. The fraction of sp³-hybridized carbons (Fsp3) is 0.417. The number of hydroxylamine groups is 1. The molecule has 3 saturated heterocycles. The molecule has 1 atom stereocenters. The van der Waals surface area contributed by atoms with Crippen molar-refractivity contribution in [1.29, 1.82) is 0 Å². The van der Waals surface area contributed by atoms with Gasteiger partial charge in [-0.25, -0.2) is 15.0 Å². The molecular formula is C36H44N8O3. The van der Waals surface area contributed by atoms with E-state index in [4.69, 9.17) is 16.0 Å². The molecule has 0 radical (unpaired) electrons. The highest BCUT2D eigenvalue weighted by molar-refractivity contribution is 6.02. The number of amides is 1. The number of ether oxygens (including phenoxy) is 1. The van der Waals surface area contributed by atoms with E-state index in [1.165, 1.54) is 12.4 Å². The van der Waals surface area contributed by atoms with E-state index in [0.29, 0.717) is 41.4 Å². The van der Waals surface area contributed by atoms with Gasteiger partial charge in [-0.15, -0.1) is 6.42 Å². The van der Waals surface area contributed by atoms with Gasteiger partial charge in [-0.3, -0.25) is 14.5 Å². The quantitative estimate of drug-likeness (QED) is 0.238. The highest BCUT2D eigenvalue weighted by Crippen LogP contribution is 2.40. The summed E-state index contributed by atoms with van der Waals surface area (Å²) in [6, 6.07) is 14.2. The predicted molar refractivity (Wildman–Crippen MR) is 186 cm³/mol. The first-order valence-corrected chi connectivity index (χ1v) is 16.4. The minimum absolute atomic E-state index is 0.0364. The van der Waals surface area contributed by atoms with Crippen LogP contribution in [0, 0.1) is 12.3 Å². The lowest BCUT2D eigenvalue weighted by Gasteiger charge is -2.43. The fourth-order valence-electron chi connectivity index (χ4n) is 6.81. The van der Waals surface area contributed by atoms with Gasteiger partial charge in [0.25, 0.3) is 0 Å². The van der Waals surface area contributed by atoms with Crippen LogP contribution in [0.2, 0.25) is 0 Å². The summed E-state index contributed by atoms with van der Waals surface area (Å²) in [5.41, 5.74) is 4.14. The Hall–Kier alpha value is -4.63. The Morgan fingerprint density at radius 2 is 1.89 bits per heavy atom. The molecule has 2 aromatic carbocycles. The van der Waals surface area contributed by atoms with Crippen molar-refractivity contribution in [2.45, 2.75) is 38.3 Å². The molecule has 0 saturated carbocycles. The van der Waals surface area contributed by atoms with Gasteiger partial charge in [0.05, 0.1) is 36.8 Å². The molecule has 4 heterocycles. The number of terminal acetylenes is 1. The van der Waals surface area contributed by atoms with Gasteiger partial charge >= 0.3 is 0 Å². The Bertz CT molecular complexity index is 1610. The summed E-state index contributed by atoms with van der Waals surface area (Å²) in [7, 11) is 1.65. The van der Waals surface area contributed by atoms with Gasteiger partial charge in [0.15, 0.2) is 5.82 Å². The number of likely N-dealkylation sites (N-methyl/N-ethyl adjacent to an activating group) is 1. The third kappa shape index (κ3) is 7.36. The number of benzene rings is 2. The van der Waals surface area contributed by atoms with Crippen LogP contribution >= 0.6 is 0 Å². The predicted octanol–water partition coefficient (Wildman–Crippen LogP) is 4.82. The second-order valence-corrected chi connectivity index (χ2v) is 12.1. The molecule has 11 heteroatoms. The zero-order valence-electron chi connectivity index (χ0n) is 27.3. The minimum Gasteiger partial charge on any atom is -0.494 e. The number of hydrogen-bond donors (Lipinski definition) is 2. The van der Waals surface area contributed by atoms with Crippen LogP contribution in [-0.2, 0) is 9.63 Å². The number of nitrogens with zero attached hydrogens (tertiary/aromatic N) is 6. The highest BCUT2D eigenvalue weighted by Gasteiger charge is 2.31. The Kier molecular flexibility index (Phi) is 10.2. The fourth-order valence-corrected chi connectivity index (χ4v) is 6.81. The van der Waals surface area contributed by atoms with Crippen molar-refractivity contribution in [1.82, 2.24) is 19.8 Å². The summed E-state index contributed by atoms with van der Waals surface area (Å²) in [5, 5.41) is 8.23. The van der Waals surface area contributed by atoms with Crippen LogP contribution in [0.3, 0.4) is 0 Å². The van der Waals surface area contributed by atoms with Crippen LogP contribution in [0.5, 0.6) is 5.75 Å². The molecule has 246 valence electrons. The number of carbonyl (C=O) groups is 1. The Labute approximate surface area is 277 Å². The largest absolute Gasteiger partial charge is 0.494 e. The maximum atomic E-state index is 12.6. The number of piperidine rings is 1. The normalized spacial score (nSPS) is 19.3. The standard InChI is InChI=1S/C36H44N8O3/c1-5-26-9-8-10-27(21-26)31-13-20-47-44(31)35-24-34(37-25-38-35)39-30-22-29(40-36(45)6-2)32(23-33(30)46-4)43-14-11-28(12-15-43)42-18-16-41(7-3)17-19-42/h1,6,8-10,21-25,28,31H,2,7,11-20H2,3-4H3,(H,40,45)(H,37,38,39). The van der Waals surface area contributed by atoms with E-state index in [-0.39, 0.29) is 11.9 Å². The Morgan fingerprint density at radius 1 is 1.09 bits per heavy atom. The molecule has 3 aliphatic rings. The summed E-state index contributed by atoms with van der Waals surface area (Å²) in [4.78, 5) is 35.1. The molecule has 2 N–H and O–H groups in total. The second kappa shape index (κ2) is 14.9. The lowest BCUT2D eigenvalue weighted by Crippen LogP contribution is -2.53. The summed E-state index contributed by atoms with van der Waals surface area (Å²) in [6.45, 7) is 13.9. The van der Waals surface area contributed by atoms with E-state index in [0.717, 1.165) is 81.9 Å². The number of hydrogen-bond acceptors (Lipinski definition) is 10. The third-order valence-electron chi connectivity index (χ3n) is 9.42. The number of nitrogens with one attached hydrogen (secondary N) is 2. The average molecular weight is 637 g/mol. The molecule has 0 spiro atoms. The SMILES string of the molecule is C#Cc1cccc(C2CCON2c2cc(Nc3cc(NC(=O)C=C)c(N4CCC(N5CCN(CC)CC5)CC4)cc3OC)ncn2)c1. The van der Waals surface area contributed by atoms with Crippen LogP contribution in [0.15, 0.2) is 61.4 Å². The van der Waals surface area contributed by atoms with Crippen molar-refractivity contribution in [3.63, 3.8) is 0 Å². The molecule has 6 rings (SSSR count). The second-order valence-electron chi connectivity index (χ2n) is 12.1. The van der Waals surface area contributed by atoms with Gasteiger partial charge in [0.1, 0.15) is 17.9 Å². The summed E-state index contributed by atoms with van der Waals surface area (Å²) < 4.78 is 5.87. The van der Waals surface area contributed by atoms with E-state index in [2.05, 4.69) is 60.8 Å². The molecule has 0 bridgehead atoms. The zero-order valence-corrected chi connectivity index (χ0v) is 27.3. The third-order valence-corrected chi connectivity index (χ3v) is 9.42. The molecule has 1 aromatic heterocycles. The summed E-state index contributed by atoms with van der Waals surface area (Å²) in [6.07, 6.45) is 11.4. The Morgan fingerprint density at radius 3 is 2.62 bits per heavy atom. The summed E-state index contributed by atoms with van der Waals surface area (Å²) in [5.74, 6) is 4.24. The van der Waals surface area contributed by atoms with Crippen molar-refractivity contribution in [3.8, 4) is 18.1 Å². The van der Waals surface area contributed by atoms with E-state index < -0.39 is 0 Å². The monoisotopic (exact) mass is 636 g/mol. The molecule has 0 aliphatic carbocycles. The van der Waals surface area contributed by atoms with Crippen LogP contribution in [0.1, 0.15) is 43.4 Å². The van der Waals surface area contributed by atoms with Crippen molar-refractivity contribution in [2.24, 2.45) is 0 Å². The van der Waals surface area contributed by atoms with Crippen LogP contribution in [0.4, 0.5) is 28.7 Å². The van der Waals surface area contributed by atoms with Gasteiger partial charge in [-0.05, 0) is 49.2 Å². The smallest absolute Gasteiger partial charge is 0.247 e. The van der Waals surface area contributed by atoms with Crippen LogP contribution in [-0.4, -0.2) is 91.2 Å². The van der Waals surface area contributed by atoms with Crippen molar-refractivity contribution in [2.75, 3.05) is 80.1 Å². The molecule has 11 nitrogen and oxygen atoms in total. The molecule has 47 heavy (non-hydrogen) atoms. The molecular weight excluding hydrogens is 592 g/mol. The molecule has 3 fully saturated rings. The van der Waals surface area contributed by atoms with Gasteiger partial charge in [-0.2, -0.15) is 0 Å². The van der Waals surface area contributed by atoms with Crippen molar-refractivity contribution >= 4 is 34.6 Å². The molecule has 1 unspecified atom stereocenters. The first-order chi connectivity index (χ1) is 23.0. The molecule has 3 aromatic rings. The van der Waals surface area contributed by atoms with Gasteiger partial charge in [0, 0.05) is 69.4 Å². The lowest BCUT2D eigenvalue weighted by atomic mass is 10.0. The first kappa shape index (κ1) is 32.3. The Balaban J connectivity index is 1.21. The first-order valence-electron chi connectivity index (χ1n) is 16.4. The number of rotatable bonds is 10. The summed E-state index contributed by atoms with van der Waals surface area (Å²) >= 11 is 0. The van der Waals surface area contributed by atoms with E-state index in [1.54, 1.807) is 7.11 Å². The number of methoxy groups -OCH3 is 1. The zero-order chi connectivity index (χ0) is 32.8. The van der Waals surface area contributed by atoms with Crippen molar-refractivity contribution in [3.05, 3.63) is 72.6 Å². The topological polar surface area (TPSA) is 98.3 Å². The van der Waals surface area contributed by atoms with Crippen molar-refractivity contribution < 1.29 is 14.4 Å². The van der Waals surface area contributed by atoms with Crippen LogP contribution < -0.4 is 25.3 Å². The maximum Gasteiger partial charge on any atom is 0.247 e. The van der Waals surface area contributed by atoms with E-state index >= 15 is 0 Å². The maximum absolute atomic E-state index is 12.6. The molecule has 1 amide bonds. The lowest BCUT2D eigenvalue weighted by molar-refractivity contribution is -0.111. The number of aromatic nitrogens is 2. The molecule has 3 aliphatic heterocycles. The number of piperazine rings is 1. The van der Waals surface area contributed by atoms with Gasteiger partial charge < -0.3 is 25.2 Å². The average Bonchev–Trinajstić information content (AvgIpc) is 3.62. The highest BCUT2D eigenvalue weighted by atomic mass is 16.7. The van der Waals surface area contributed by atoms with Gasteiger partial charge in [0.2, 0.25) is 5.91 Å². The van der Waals surface area contributed by atoms with Crippen LogP contribution in [0.25, 0.3) is 0 Å². The van der Waals surface area contributed by atoms with E-state index in [9.17, 15) is 4.79 Å². The number of carbonyl (C=O) groups excluding carboxylic acids is 1.